The highest BCUT2D eigenvalue weighted by atomic mass is 16.6. The number of hydrogen-bond acceptors (Lipinski definition) is 7. The SMILES string of the molecule is CCOC(=O)[C@@H]1CCCN(c2cccc(OC(C)(C)C(=O)N3CC4(CN(C(=O)OC(C)(C)C)C4)C3)c2)C1. The molecule has 0 N–H and O–H groups in total. The van der Waals surface area contributed by atoms with Gasteiger partial charge in [-0.3, -0.25) is 9.59 Å². The van der Waals surface area contributed by atoms with Gasteiger partial charge in [0.2, 0.25) is 0 Å². The van der Waals surface area contributed by atoms with Crippen LogP contribution in [0.25, 0.3) is 0 Å². The lowest BCUT2D eigenvalue weighted by atomic mass is 9.72. The van der Waals surface area contributed by atoms with Crippen molar-refractivity contribution in [1.82, 2.24) is 9.80 Å². The molecule has 0 radical (unpaired) electrons. The second-order valence-electron chi connectivity index (χ2n) is 12.1. The number of amides is 2. The average Bonchev–Trinajstić information content (AvgIpc) is 2.76. The number of likely N-dealkylation sites (tertiary alicyclic amines) is 2. The summed E-state index contributed by atoms with van der Waals surface area (Å²) in [5.74, 6) is 0.274. The van der Waals surface area contributed by atoms with Crippen molar-refractivity contribution in [2.45, 2.75) is 65.6 Å². The van der Waals surface area contributed by atoms with Crippen LogP contribution in [-0.4, -0.2) is 84.8 Å². The molecule has 3 aliphatic rings. The number of carbonyl (C=O) groups excluding carboxylic acids is 3. The Bertz CT molecular complexity index is 1020. The molecule has 3 saturated heterocycles. The highest BCUT2D eigenvalue weighted by Crippen LogP contribution is 2.41. The van der Waals surface area contributed by atoms with Crippen molar-refractivity contribution in [3.63, 3.8) is 0 Å². The summed E-state index contributed by atoms with van der Waals surface area (Å²) in [5.41, 5.74) is -0.623. The van der Waals surface area contributed by atoms with Crippen molar-refractivity contribution in [3.8, 4) is 5.75 Å². The molecular formula is C28H41N3O6. The minimum absolute atomic E-state index is 0.0354. The number of carbonyl (C=O) groups is 3. The summed E-state index contributed by atoms with van der Waals surface area (Å²) < 4.78 is 16.9. The lowest BCUT2D eigenvalue weighted by molar-refractivity contribution is -0.169. The third-order valence-corrected chi connectivity index (χ3v) is 7.16. The number of hydrogen-bond donors (Lipinski definition) is 0. The highest BCUT2D eigenvalue weighted by Gasteiger charge is 2.56. The van der Waals surface area contributed by atoms with E-state index in [0.717, 1.165) is 25.1 Å². The first-order valence-corrected chi connectivity index (χ1v) is 13.3. The maximum absolute atomic E-state index is 13.3. The topological polar surface area (TPSA) is 88.6 Å². The Balaban J connectivity index is 1.30. The van der Waals surface area contributed by atoms with E-state index in [1.807, 2.05) is 56.9 Å². The van der Waals surface area contributed by atoms with E-state index in [1.165, 1.54) is 0 Å². The molecule has 0 bridgehead atoms. The molecule has 0 aliphatic carbocycles. The summed E-state index contributed by atoms with van der Waals surface area (Å²) >= 11 is 0. The average molecular weight is 516 g/mol. The number of anilines is 1. The monoisotopic (exact) mass is 515 g/mol. The zero-order chi connectivity index (χ0) is 27.0. The number of nitrogens with zero attached hydrogens (tertiary/aromatic N) is 3. The predicted molar refractivity (Wildman–Crippen MR) is 140 cm³/mol. The fourth-order valence-corrected chi connectivity index (χ4v) is 5.45. The van der Waals surface area contributed by atoms with E-state index in [2.05, 4.69) is 4.90 Å². The van der Waals surface area contributed by atoms with Crippen LogP contribution in [0.15, 0.2) is 24.3 Å². The standard InChI is InChI=1S/C28H41N3O6/c1-7-35-23(32)20-10-9-13-29(15-20)21-11-8-12-22(14-21)36-27(5,6)24(33)30-16-28(17-30)18-31(19-28)25(34)37-26(2,3)4/h8,11-12,14,20H,7,9-10,13,15-19H2,1-6H3/t20-/m1/s1. The van der Waals surface area contributed by atoms with Gasteiger partial charge in [-0.15, -0.1) is 0 Å². The Morgan fingerprint density at radius 3 is 2.35 bits per heavy atom. The molecule has 3 heterocycles. The van der Waals surface area contributed by atoms with Gasteiger partial charge >= 0.3 is 12.1 Å². The van der Waals surface area contributed by atoms with E-state index >= 15 is 0 Å². The van der Waals surface area contributed by atoms with Crippen molar-refractivity contribution < 1.29 is 28.6 Å². The molecule has 1 spiro atoms. The van der Waals surface area contributed by atoms with Crippen LogP contribution >= 0.6 is 0 Å². The van der Waals surface area contributed by atoms with Crippen molar-refractivity contribution in [3.05, 3.63) is 24.3 Å². The minimum atomic E-state index is -1.04. The van der Waals surface area contributed by atoms with Gasteiger partial charge in [0.15, 0.2) is 5.60 Å². The van der Waals surface area contributed by atoms with Gasteiger partial charge < -0.3 is 28.9 Å². The van der Waals surface area contributed by atoms with Gasteiger partial charge in [-0.1, -0.05) is 6.07 Å². The molecule has 0 saturated carbocycles. The molecule has 9 heteroatoms. The van der Waals surface area contributed by atoms with E-state index in [-0.39, 0.29) is 29.3 Å². The summed E-state index contributed by atoms with van der Waals surface area (Å²) in [4.78, 5) is 43.5. The lowest BCUT2D eigenvalue weighted by Crippen LogP contribution is -2.75. The molecule has 37 heavy (non-hydrogen) atoms. The molecule has 0 aromatic heterocycles. The Hall–Kier alpha value is -2.97. The van der Waals surface area contributed by atoms with Crippen LogP contribution in [0.4, 0.5) is 10.5 Å². The summed E-state index contributed by atoms with van der Waals surface area (Å²) in [7, 11) is 0. The van der Waals surface area contributed by atoms with E-state index < -0.39 is 11.2 Å². The highest BCUT2D eigenvalue weighted by molar-refractivity contribution is 5.86. The summed E-state index contributed by atoms with van der Waals surface area (Å²) in [5, 5.41) is 0. The fraction of sp³-hybridized carbons (Fsp3) is 0.679. The first-order valence-electron chi connectivity index (χ1n) is 13.3. The van der Waals surface area contributed by atoms with Crippen LogP contribution in [0.5, 0.6) is 5.75 Å². The van der Waals surface area contributed by atoms with Crippen molar-refractivity contribution >= 4 is 23.7 Å². The normalized spacial score (nSPS) is 21.1. The summed E-state index contributed by atoms with van der Waals surface area (Å²) in [6, 6.07) is 7.71. The van der Waals surface area contributed by atoms with Crippen LogP contribution in [0.3, 0.4) is 0 Å². The largest absolute Gasteiger partial charge is 0.478 e. The third kappa shape index (κ3) is 6.13. The fourth-order valence-electron chi connectivity index (χ4n) is 5.45. The zero-order valence-corrected chi connectivity index (χ0v) is 23.0. The first kappa shape index (κ1) is 27.1. The van der Waals surface area contributed by atoms with Gasteiger partial charge in [-0.05, 0) is 66.5 Å². The number of esters is 1. The van der Waals surface area contributed by atoms with Gasteiger partial charge in [-0.2, -0.15) is 0 Å². The molecular weight excluding hydrogens is 474 g/mol. The van der Waals surface area contributed by atoms with E-state index in [1.54, 1.807) is 18.7 Å². The minimum Gasteiger partial charge on any atom is -0.478 e. The smallest absolute Gasteiger partial charge is 0.410 e. The van der Waals surface area contributed by atoms with Gasteiger partial charge in [0.1, 0.15) is 11.4 Å². The maximum Gasteiger partial charge on any atom is 0.410 e. The van der Waals surface area contributed by atoms with Crippen LogP contribution in [0.2, 0.25) is 0 Å². The van der Waals surface area contributed by atoms with E-state index in [9.17, 15) is 14.4 Å². The lowest BCUT2D eigenvalue weighted by Gasteiger charge is -2.60. The molecule has 0 unspecified atom stereocenters. The maximum atomic E-state index is 13.3. The van der Waals surface area contributed by atoms with Crippen LogP contribution in [0.1, 0.15) is 54.4 Å². The predicted octanol–water partition coefficient (Wildman–Crippen LogP) is 3.70. The Morgan fingerprint density at radius 2 is 1.70 bits per heavy atom. The molecule has 1 aromatic rings. The number of benzene rings is 1. The molecule has 3 fully saturated rings. The number of rotatable bonds is 6. The molecule has 9 nitrogen and oxygen atoms in total. The van der Waals surface area contributed by atoms with Crippen molar-refractivity contribution in [2.24, 2.45) is 11.3 Å². The van der Waals surface area contributed by atoms with Crippen LogP contribution in [0, 0.1) is 11.3 Å². The quantitative estimate of drug-likeness (QED) is 0.534. The van der Waals surface area contributed by atoms with Gasteiger partial charge in [0.25, 0.3) is 5.91 Å². The Labute approximate surface area is 220 Å². The van der Waals surface area contributed by atoms with Crippen molar-refractivity contribution in [1.29, 1.82) is 0 Å². The molecule has 1 aromatic carbocycles. The molecule has 4 rings (SSSR count). The molecule has 2 amide bonds. The molecule has 204 valence electrons. The second-order valence-corrected chi connectivity index (χ2v) is 12.1. The zero-order valence-electron chi connectivity index (χ0n) is 23.0. The first-order chi connectivity index (χ1) is 17.3. The summed E-state index contributed by atoms with van der Waals surface area (Å²) in [6.45, 7) is 15.3. The Morgan fingerprint density at radius 1 is 1.03 bits per heavy atom. The van der Waals surface area contributed by atoms with Crippen LogP contribution in [-0.2, 0) is 19.1 Å². The second kappa shape index (κ2) is 10.1. The molecule has 1 atom stereocenters. The van der Waals surface area contributed by atoms with E-state index in [0.29, 0.717) is 45.1 Å². The Kier molecular flexibility index (Phi) is 7.36. The van der Waals surface area contributed by atoms with E-state index in [4.69, 9.17) is 14.2 Å². The third-order valence-electron chi connectivity index (χ3n) is 7.16. The number of piperidine rings is 1. The van der Waals surface area contributed by atoms with Crippen LogP contribution < -0.4 is 9.64 Å². The molecule has 3 aliphatic heterocycles. The van der Waals surface area contributed by atoms with Crippen molar-refractivity contribution in [2.75, 3.05) is 50.8 Å². The van der Waals surface area contributed by atoms with Gasteiger partial charge in [-0.25, -0.2) is 4.79 Å². The van der Waals surface area contributed by atoms with Gasteiger partial charge in [0, 0.05) is 56.4 Å². The van der Waals surface area contributed by atoms with Gasteiger partial charge in [0.05, 0.1) is 12.5 Å². The number of ether oxygens (including phenoxy) is 3. The summed E-state index contributed by atoms with van der Waals surface area (Å²) in [6.07, 6.45) is 1.45.